The Kier molecular flexibility index (Phi) is 7.98. The topological polar surface area (TPSA) is 113 Å². The van der Waals surface area contributed by atoms with Gasteiger partial charge in [-0.1, -0.05) is 12.1 Å². The quantitative estimate of drug-likeness (QED) is 0.503. The van der Waals surface area contributed by atoms with Gasteiger partial charge in [-0.3, -0.25) is 9.10 Å². The van der Waals surface area contributed by atoms with Crippen molar-refractivity contribution in [3.63, 3.8) is 0 Å². The van der Waals surface area contributed by atoms with E-state index in [1.54, 1.807) is 30.3 Å². The molecule has 0 unspecified atom stereocenters. The second-order valence-electron chi connectivity index (χ2n) is 7.89. The Balaban J connectivity index is 1.49. The molecule has 1 heterocycles. The minimum atomic E-state index is -3.64. The summed E-state index contributed by atoms with van der Waals surface area (Å²) in [5, 5.41) is 2.64. The number of hydrogen-bond acceptors (Lipinski definition) is 6. The number of carbonyl (C=O) groups is 1. The molecule has 0 atom stereocenters. The summed E-state index contributed by atoms with van der Waals surface area (Å²) >= 11 is 0. The van der Waals surface area contributed by atoms with Crippen LogP contribution in [0.2, 0.25) is 0 Å². The molecule has 9 nitrogen and oxygen atoms in total. The summed E-state index contributed by atoms with van der Waals surface area (Å²) in [6.45, 7) is 2.90. The normalized spacial score (nSPS) is 14.7. The molecule has 0 radical (unpaired) electrons. The van der Waals surface area contributed by atoms with E-state index in [-0.39, 0.29) is 24.6 Å². The first kappa shape index (κ1) is 25.0. The Hall–Kier alpha value is -2.63. The number of anilines is 1. The number of nitrogens with one attached hydrogen (secondary N) is 1. The minimum absolute atomic E-state index is 0.146. The molecular formula is C22H29N3O6S2. The highest BCUT2D eigenvalue weighted by Crippen LogP contribution is 2.23. The zero-order valence-electron chi connectivity index (χ0n) is 18.7. The van der Waals surface area contributed by atoms with E-state index in [2.05, 4.69) is 5.32 Å². The van der Waals surface area contributed by atoms with Gasteiger partial charge >= 0.3 is 0 Å². The van der Waals surface area contributed by atoms with Crippen molar-refractivity contribution in [3.05, 3.63) is 54.1 Å². The molecule has 1 N–H and O–H groups in total. The molecule has 0 aromatic heterocycles. The molecular weight excluding hydrogens is 466 g/mol. The molecule has 1 aliphatic heterocycles. The van der Waals surface area contributed by atoms with Crippen LogP contribution >= 0.6 is 0 Å². The Bertz CT molecular complexity index is 1170. The summed E-state index contributed by atoms with van der Waals surface area (Å²) in [7, 11) is -7.11. The zero-order valence-corrected chi connectivity index (χ0v) is 20.4. The van der Waals surface area contributed by atoms with Crippen molar-refractivity contribution in [2.75, 3.05) is 43.3 Å². The number of nitrogens with zero attached hydrogens (tertiary/aromatic N) is 2. The number of rotatable bonds is 10. The van der Waals surface area contributed by atoms with Crippen LogP contribution in [0.3, 0.4) is 0 Å². The SMILES string of the molecule is Cc1cccc(N(CC(=O)NCCOc2ccc(S(=O)(=O)N3CCCC3)cc2)S(C)(=O)=O)c1. The fourth-order valence-corrected chi connectivity index (χ4v) is 5.88. The van der Waals surface area contributed by atoms with E-state index in [0.29, 0.717) is 24.5 Å². The second kappa shape index (κ2) is 10.5. The van der Waals surface area contributed by atoms with E-state index < -0.39 is 26.0 Å². The van der Waals surface area contributed by atoms with Gasteiger partial charge in [-0.2, -0.15) is 4.31 Å². The van der Waals surface area contributed by atoms with Crippen LogP contribution in [0.15, 0.2) is 53.4 Å². The Labute approximate surface area is 195 Å². The number of amides is 1. The van der Waals surface area contributed by atoms with Gasteiger partial charge in [0.15, 0.2) is 0 Å². The molecule has 11 heteroatoms. The summed E-state index contributed by atoms with van der Waals surface area (Å²) in [6, 6.07) is 13.1. The van der Waals surface area contributed by atoms with Crippen LogP contribution in [0.4, 0.5) is 5.69 Å². The third-order valence-electron chi connectivity index (χ3n) is 5.20. The third-order valence-corrected chi connectivity index (χ3v) is 8.25. The van der Waals surface area contributed by atoms with E-state index in [4.69, 9.17) is 4.74 Å². The third kappa shape index (κ3) is 6.68. The maximum atomic E-state index is 12.6. The van der Waals surface area contributed by atoms with Crippen LogP contribution < -0.4 is 14.4 Å². The number of sulfonamides is 2. The second-order valence-corrected chi connectivity index (χ2v) is 11.7. The first-order valence-electron chi connectivity index (χ1n) is 10.6. The average molecular weight is 496 g/mol. The molecule has 0 saturated carbocycles. The van der Waals surface area contributed by atoms with Crippen LogP contribution in [0, 0.1) is 6.92 Å². The van der Waals surface area contributed by atoms with Gasteiger partial charge in [-0.15, -0.1) is 0 Å². The fraction of sp³-hybridized carbons (Fsp3) is 0.409. The monoisotopic (exact) mass is 495 g/mol. The first-order chi connectivity index (χ1) is 15.6. The van der Waals surface area contributed by atoms with E-state index >= 15 is 0 Å². The molecule has 1 aliphatic rings. The standard InChI is InChI=1S/C22H29N3O6S2/c1-18-6-5-7-19(16-18)25(32(2,27)28)17-22(26)23-12-15-31-20-8-10-21(11-9-20)33(29,30)24-13-3-4-14-24/h5-11,16H,3-4,12-15,17H2,1-2H3,(H,23,26). The molecule has 0 aliphatic carbocycles. The van der Waals surface area contributed by atoms with Gasteiger partial charge in [0.05, 0.1) is 23.4 Å². The van der Waals surface area contributed by atoms with Crippen molar-refractivity contribution in [1.29, 1.82) is 0 Å². The molecule has 2 aromatic carbocycles. The van der Waals surface area contributed by atoms with Gasteiger partial charge in [0.25, 0.3) is 0 Å². The minimum Gasteiger partial charge on any atom is -0.492 e. The van der Waals surface area contributed by atoms with Crippen molar-refractivity contribution in [1.82, 2.24) is 9.62 Å². The molecule has 0 bridgehead atoms. The summed E-state index contributed by atoms with van der Waals surface area (Å²) < 4.78 is 57.5. The molecule has 1 saturated heterocycles. The Morgan fingerprint density at radius 2 is 1.73 bits per heavy atom. The molecule has 180 valence electrons. The highest BCUT2D eigenvalue weighted by Gasteiger charge is 2.27. The van der Waals surface area contributed by atoms with E-state index in [0.717, 1.165) is 29.0 Å². The van der Waals surface area contributed by atoms with Crippen molar-refractivity contribution in [2.45, 2.75) is 24.7 Å². The predicted octanol–water partition coefficient (Wildman–Crippen LogP) is 1.74. The van der Waals surface area contributed by atoms with Crippen LogP contribution in [0.25, 0.3) is 0 Å². The largest absolute Gasteiger partial charge is 0.492 e. The number of benzene rings is 2. The molecule has 0 spiro atoms. The molecule has 2 aromatic rings. The number of hydrogen-bond donors (Lipinski definition) is 1. The first-order valence-corrected chi connectivity index (χ1v) is 13.9. The zero-order chi connectivity index (χ0) is 24.1. The number of aryl methyl sites for hydroxylation is 1. The summed E-state index contributed by atoms with van der Waals surface area (Å²) in [6.07, 6.45) is 2.80. The Morgan fingerprint density at radius 3 is 2.33 bits per heavy atom. The Morgan fingerprint density at radius 1 is 1.06 bits per heavy atom. The maximum Gasteiger partial charge on any atom is 0.243 e. The lowest BCUT2D eigenvalue weighted by molar-refractivity contribution is -0.119. The summed E-state index contributed by atoms with van der Waals surface area (Å²) in [5.41, 5.74) is 1.31. The van der Waals surface area contributed by atoms with Crippen LogP contribution in [0.5, 0.6) is 5.75 Å². The van der Waals surface area contributed by atoms with Gasteiger partial charge in [-0.25, -0.2) is 16.8 Å². The van der Waals surface area contributed by atoms with E-state index in [9.17, 15) is 21.6 Å². The lowest BCUT2D eigenvalue weighted by Crippen LogP contribution is -2.41. The smallest absolute Gasteiger partial charge is 0.243 e. The highest BCUT2D eigenvalue weighted by atomic mass is 32.2. The molecule has 1 amide bonds. The van der Waals surface area contributed by atoms with E-state index in [1.807, 2.05) is 13.0 Å². The molecule has 1 fully saturated rings. The van der Waals surface area contributed by atoms with Crippen molar-refractivity contribution < 1.29 is 26.4 Å². The van der Waals surface area contributed by atoms with Crippen molar-refractivity contribution in [3.8, 4) is 5.75 Å². The molecule has 33 heavy (non-hydrogen) atoms. The van der Waals surface area contributed by atoms with Gasteiger partial charge in [-0.05, 0) is 61.7 Å². The number of carbonyl (C=O) groups excluding carboxylic acids is 1. The van der Waals surface area contributed by atoms with Crippen molar-refractivity contribution in [2.24, 2.45) is 0 Å². The van der Waals surface area contributed by atoms with Gasteiger partial charge in [0.1, 0.15) is 18.9 Å². The van der Waals surface area contributed by atoms with E-state index in [1.165, 1.54) is 16.4 Å². The lowest BCUT2D eigenvalue weighted by atomic mass is 10.2. The average Bonchev–Trinajstić information content (AvgIpc) is 3.30. The van der Waals surface area contributed by atoms with Crippen LogP contribution in [0.1, 0.15) is 18.4 Å². The summed E-state index contributed by atoms with van der Waals surface area (Å²) in [5.74, 6) is 0.0136. The maximum absolute atomic E-state index is 12.6. The molecule has 3 rings (SSSR count). The van der Waals surface area contributed by atoms with Gasteiger partial charge in [0.2, 0.25) is 26.0 Å². The fourth-order valence-electron chi connectivity index (χ4n) is 3.51. The number of ether oxygens (including phenoxy) is 1. The van der Waals surface area contributed by atoms with Gasteiger partial charge in [0, 0.05) is 13.1 Å². The van der Waals surface area contributed by atoms with Crippen LogP contribution in [-0.2, 0) is 24.8 Å². The predicted molar refractivity (Wildman–Crippen MR) is 126 cm³/mol. The summed E-state index contributed by atoms with van der Waals surface area (Å²) in [4.78, 5) is 12.5. The van der Waals surface area contributed by atoms with Gasteiger partial charge < -0.3 is 10.1 Å². The van der Waals surface area contributed by atoms with Crippen molar-refractivity contribution >= 4 is 31.6 Å². The highest BCUT2D eigenvalue weighted by molar-refractivity contribution is 7.92. The lowest BCUT2D eigenvalue weighted by Gasteiger charge is -2.22. The van der Waals surface area contributed by atoms with Crippen LogP contribution in [-0.4, -0.2) is 66.1 Å².